The number of aryl methyl sites for hydroxylation is 2. The third-order valence-electron chi connectivity index (χ3n) is 3.84. The lowest BCUT2D eigenvalue weighted by atomic mass is 10.0. The van der Waals surface area contributed by atoms with E-state index in [1.54, 1.807) is 7.11 Å². The van der Waals surface area contributed by atoms with E-state index in [1.807, 2.05) is 11.6 Å². The Bertz CT molecular complexity index is 431. The van der Waals surface area contributed by atoms with Gasteiger partial charge in [-0.3, -0.25) is 16.0 Å². The highest BCUT2D eigenvalue weighted by Crippen LogP contribution is 2.36. The van der Waals surface area contributed by atoms with Gasteiger partial charge in [-0.05, 0) is 48.5 Å². The Kier molecular flexibility index (Phi) is 5.00. The number of methoxy groups -OCH3 is 1. The second-order valence-corrected chi connectivity index (χ2v) is 5.97. The van der Waals surface area contributed by atoms with E-state index in [0.717, 1.165) is 23.1 Å². The van der Waals surface area contributed by atoms with Crippen LogP contribution >= 0.6 is 15.9 Å². The topological polar surface area (TPSA) is 65.1 Å². The summed E-state index contributed by atoms with van der Waals surface area (Å²) >= 11 is 3.63. The smallest absolute Gasteiger partial charge is 0.0769 e. The lowest BCUT2D eigenvalue weighted by Gasteiger charge is -2.25. The van der Waals surface area contributed by atoms with E-state index in [2.05, 4.69) is 33.4 Å². The molecule has 5 nitrogen and oxygen atoms in total. The number of aromatic nitrogens is 2. The summed E-state index contributed by atoms with van der Waals surface area (Å²) in [4.78, 5) is 0. The monoisotopic (exact) mass is 330 g/mol. The molecule has 1 aliphatic carbocycles. The highest BCUT2D eigenvalue weighted by Gasteiger charge is 2.37. The Morgan fingerprint density at radius 3 is 2.74 bits per heavy atom. The molecule has 1 saturated carbocycles. The van der Waals surface area contributed by atoms with Crippen molar-refractivity contribution in [1.29, 1.82) is 0 Å². The van der Waals surface area contributed by atoms with Crippen LogP contribution in [0.2, 0.25) is 0 Å². The second-order valence-electron chi connectivity index (χ2n) is 5.18. The molecule has 108 valence electrons. The van der Waals surface area contributed by atoms with Crippen LogP contribution in [0.25, 0.3) is 0 Å². The average molecular weight is 331 g/mol. The number of nitrogens with two attached hydrogens (primary N) is 1. The first kappa shape index (κ1) is 15.0. The van der Waals surface area contributed by atoms with E-state index >= 15 is 0 Å². The van der Waals surface area contributed by atoms with Gasteiger partial charge in [0.25, 0.3) is 0 Å². The van der Waals surface area contributed by atoms with Crippen LogP contribution in [0, 0.1) is 12.8 Å². The summed E-state index contributed by atoms with van der Waals surface area (Å²) < 4.78 is 8.75. The van der Waals surface area contributed by atoms with Crippen molar-refractivity contribution in [2.24, 2.45) is 11.8 Å². The fraction of sp³-hybridized carbons (Fsp3) is 0.769. The molecule has 0 saturated heterocycles. The molecule has 2 atom stereocenters. The zero-order valence-electron chi connectivity index (χ0n) is 11.8. The molecule has 6 heteroatoms. The van der Waals surface area contributed by atoms with Gasteiger partial charge in [0.05, 0.1) is 28.0 Å². The van der Waals surface area contributed by atoms with Gasteiger partial charge >= 0.3 is 0 Å². The predicted octanol–water partition coefficient (Wildman–Crippen LogP) is 1.77. The van der Waals surface area contributed by atoms with E-state index < -0.39 is 0 Å². The second kappa shape index (κ2) is 6.35. The maximum absolute atomic E-state index is 5.74. The summed E-state index contributed by atoms with van der Waals surface area (Å²) in [6.45, 7) is 4.97. The molecule has 19 heavy (non-hydrogen) atoms. The molecule has 1 heterocycles. The molecule has 0 amide bonds. The van der Waals surface area contributed by atoms with E-state index in [1.165, 1.54) is 18.5 Å². The Morgan fingerprint density at radius 2 is 2.26 bits per heavy atom. The number of ether oxygens (including phenoxy) is 1. The highest BCUT2D eigenvalue weighted by atomic mass is 79.9. The molecule has 0 aromatic carbocycles. The zero-order valence-corrected chi connectivity index (χ0v) is 13.4. The van der Waals surface area contributed by atoms with Gasteiger partial charge in [0, 0.05) is 20.1 Å². The Labute approximate surface area is 123 Å². The quantitative estimate of drug-likeness (QED) is 0.590. The Hall–Kier alpha value is -0.430. The van der Waals surface area contributed by atoms with Crippen molar-refractivity contribution >= 4 is 15.9 Å². The molecule has 1 aliphatic rings. The summed E-state index contributed by atoms with van der Waals surface area (Å²) in [5, 5.41) is 4.52. The third-order valence-corrected chi connectivity index (χ3v) is 4.87. The number of nitrogens with one attached hydrogen (secondary N) is 1. The average Bonchev–Trinajstić information content (AvgIpc) is 3.20. The molecule has 0 bridgehead atoms. The normalized spacial score (nSPS) is 18.6. The van der Waals surface area contributed by atoms with Crippen molar-refractivity contribution in [3.8, 4) is 0 Å². The van der Waals surface area contributed by atoms with Crippen LogP contribution in [0.15, 0.2) is 4.47 Å². The van der Waals surface area contributed by atoms with Gasteiger partial charge < -0.3 is 4.74 Å². The van der Waals surface area contributed by atoms with E-state index in [4.69, 9.17) is 10.6 Å². The van der Waals surface area contributed by atoms with Crippen molar-refractivity contribution in [2.45, 2.75) is 51.8 Å². The van der Waals surface area contributed by atoms with Gasteiger partial charge in [0.2, 0.25) is 0 Å². The van der Waals surface area contributed by atoms with Gasteiger partial charge in [0.15, 0.2) is 0 Å². The molecule has 0 radical (unpaired) electrons. The summed E-state index contributed by atoms with van der Waals surface area (Å²) in [7, 11) is 1.77. The molecule has 1 aromatic heterocycles. The Balaban J connectivity index is 2.17. The van der Waals surface area contributed by atoms with Crippen LogP contribution in [0.3, 0.4) is 0 Å². The van der Waals surface area contributed by atoms with Gasteiger partial charge in [-0.15, -0.1) is 0 Å². The maximum atomic E-state index is 5.74. The standard InChI is InChI=1S/C13H23BrN4O/c1-4-18-11(12(14)8(2)17-18)7-10(16-15)13(19-3)9-5-6-9/h9-10,13,16H,4-7,15H2,1-3H3. The number of hydrazine groups is 1. The SMILES string of the molecule is CCn1nc(C)c(Br)c1CC(NN)C(OC)C1CC1. The summed E-state index contributed by atoms with van der Waals surface area (Å²) in [6.07, 6.45) is 3.48. The van der Waals surface area contributed by atoms with Crippen LogP contribution in [0.4, 0.5) is 0 Å². The van der Waals surface area contributed by atoms with E-state index in [0.29, 0.717) is 5.92 Å². The van der Waals surface area contributed by atoms with E-state index in [-0.39, 0.29) is 12.1 Å². The Morgan fingerprint density at radius 1 is 1.58 bits per heavy atom. The number of hydrogen-bond donors (Lipinski definition) is 2. The highest BCUT2D eigenvalue weighted by molar-refractivity contribution is 9.10. The summed E-state index contributed by atoms with van der Waals surface area (Å²) in [6, 6.07) is 0.121. The minimum absolute atomic E-state index is 0.121. The number of halogens is 1. The summed E-state index contributed by atoms with van der Waals surface area (Å²) in [5.41, 5.74) is 5.13. The van der Waals surface area contributed by atoms with Crippen molar-refractivity contribution in [3.05, 3.63) is 15.9 Å². The molecule has 2 unspecified atom stereocenters. The zero-order chi connectivity index (χ0) is 14.0. The summed E-state index contributed by atoms with van der Waals surface area (Å²) in [5.74, 6) is 6.38. The van der Waals surface area contributed by atoms with Crippen molar-refractivity contribution in [3.63, 3.8) is 0 Å². The fourth-order valence-corrected chi connectivity index (χ4v) is 3.10. The minimum atomic E-state index is 0.121. The van der Waals surface area contributed by atoms with Gasteiger partial charge in [-0.2, -0.15) is 5.10 Å². The first-order chi connectivity index (χ1) is 9.12. The number of hydrogen-bond acceptors (Lipinski definition) is 4. The van der Waals surface area contributed by atoms with Crippen LogP contribution in [0.1, 0.15) is 31.2 Å². The molecule has 0 aliphatic heterocycles. The maximum Gasteiger partial charge on any atom is 0.0769 e. The molecule has 3 N–H and O–H groups in total. The van der Waals surface area contributed by atoms with E-state index in [9.17, 15) is 0 Å². The van der Waals surface area contributed by atoms with Gasteiger partial charge in [0.1, 0.15) is 0 Å². The van der Waals surface area contributed by atoms with Crippen molar-refractivity contribution in [2.75, 3.05) is 7.11 Å². The first-order valence-corrected chi connectivity index (χ1v) is 7.62. The molecule has 0 spiro atoms. The largest absolute Gasteiger partial charge is 0.379 e. The molecule has 2 rings (SSSR count). The number of nitrogens with zero attached hydrogens (tertiary/aromatic N) is 2. The third kappa shape index (κ3) is 3.18. The lowest BCUT2D eigenvalue weighted by Crippen LogP contribution is -2.47. The number of rotatable bonds is 7. The van der Waals surface area contributed by atoms with Gasteiger partial charge in [-0.25, -0.2) is 0 Å². The van der Waals surface area contributed by atoms with Crippen LogP contribution in [-0.2, 0) is 17.7 Å². The van der Waals surface area contributed by atoms with Crippen LogP contribution in [-0.4, -0.2) is 29.0 Å². The minimum Gasteiger partial charge on any atom is -0.379 e. The van der Waals surface area contributed by atoms with Crippen molar-refractivity contribution < 1.29 is 4.74 Å². The van der Waals surface area contributed by atoms with Crippen molar-refractivity contribution in [1.82, 2.24) is 15.2 Å². The fourth-order valence-electron chi connectivity index (χ4n) is 2.65. The molecule has 1 fully saturated rings. The molecular weight excluding hydrogens is 308 g/mol. The first-order valence-electron chi connectivity index (χ1n) is 6.83. The van der Waals surface area contributed by atoms with Crippen LogP contribution < -0.4 is 11.3 Å². The predicted molar refractivity (Wildman–Crippen MR) is 78.7 cm³/mol. The lowest BCUT2D eigenvalue weighted by molar-refractivity contribution is 0.0504. The molecular formula is C13H23BrN4O. The molecule has 1 aromatic rings. The van der Waals surface area contributed by atoms with Crippen LogP contribution in [0.5, 0.6) is 0 Å². The van der Waals surface area contributed by atoms with Gasteiger partial charge in [-0.1, -0.05) is 0 Å².